The van der Waals surface area contributed by atoms with E-state index in [-0.39, 0.29) is 91.3 Å². The summed E-state index contributed by atoms with van der Waals surface area (Å²) in [6, 6.07) is 71.2. The molecule has 0 fully saturated rings. The molecule has 0 bridgehead atoms. The van der Waals surface area contributed by atoms with Gasteiger partial charge in [-0.15, -0.1) is 149 Å². The second-order valence-corrected chi connectivity index (χ2v) is 27.4. The molecule has 0 aliphatic rings. The molecule has 4 radical (unpaired) electrons. The van der Waals surface area contributed by atoms with Crippen molar-refractivity contribution in [1.82, 2.24) is 29.7 Å². The fourth-order valence-electron chi connectivity index (χ4n) is 9.12. The molecule has 0 amide bonds. The van der Waals surface area contributed by atoms with Gasteiger partial charge in [-0.3, -0.25) is 4.68 Å². The maximum atomic E-state index is 4.53. The zero-order valence-corrected chi connectivity index (χ0v) is 64.0. The molecule has 0 spiro atoms. The van der Waals surface area contributed by atoms with Crippen LogP contribution in [0, 0.1) is 58.9 Å². The molecule has 10 rings (SSSR count). The largest absolute Gasteiger partial charge is 0.305 e. The van der Waals surface area contributed by atoms with Gasteiger partial charge in [0.05, 0.1) is 0 Å². The van der Waals surface area contributed by atoms with Crippen molar-refractivity contribution in [2.75, 3.05) is 0 Å². The minimum Gasteiger partial charge on any atom is -0.305 e. The van der Waals surface area contributed by atoms with Crippen LogP contribution in [0.3, 0.4) is 0 Å². The van der Waals surface area contributed by atoms with Crippen LogP contribution in [0.1, 0.15) is 137 Å². The Bertz CT molecular complexity index is 3500. The van der Waals surface area contributed by atoms with Gasteiger partial charge in [-0.05, 0) is 117 Å². The van der Waals surface area contributed by atoms with Crippen LogP contribution >= 0.6 is 0 Å². The molecule has 88 heavy (non-hydrogen) atoms. The fourth-order valence-corrected chi connectivity index (χ4v) is 9.12. The van der Waals surface area contributed by atoms with E-state index >= 15 is 0 Å². The summed E-state index contributed by atoms with van der Waals surface area (Å²) in [5.41, 5.74) is 18.4. The first-order valence-electron chi connectivity index (χ1n) is 29.4. The third-order valence-electron chi connectivity index (χ3n) is 12.8. The monoisotopic (exact) mass is 1880 g/mol. The molecular weight excluding hydrogens is 1790 g/mol. The van der Waals surface area contributed by atoms with Crippen LogP contribution in [0.2, 0.25) is 0 Å². The predicted molar refractivity (Wildman–Crippen MR) is 353 cm³/mol. The second-order valence-electron chi connectivity index (χ2n) is 27.4. The van der Waals surface area contributed by atoms with Crippen molar-refractivity contribution in [1.29, 1.82) is 0 Å². The standard InChI is InChI=1S/C20H26N.C17H20N.2C16H18N.C9H7N2.4Ir/c1-19(2,3)14-15-10-11-21-18(12-15)16-8-7-9-17(13-16)20(4,5)6;1-13-8-9-16(18-12-13)15-7-5-6-14(10-15)11-17(2,3)4;1-16(2,3)12-13-9-10-17-15(11-13)14-7-5-4-6-8-14;1-16(2,3)11-13-9-10-15(17-12-13)14-7-5-4-6-8-14;1-2-5-9(6-3-1)11-8-4-7-10-11;;;;/h7,9-13H,14H2,1-6H3;5-6,8-10,12H,11H2,1-4H3;4-7,9-11H,12H2,1-3H3;4-7,9-10,12H,11H2,1-3H3;1-5,7-8H;;;;/q5*-1;;;;. The summed E-state index contributed by atoms with van der Waals surface area (Å²) in [7, 11) is 0. The molecule has 0 aliphatic carbocycles. The van der Waals surface area contributed by atoms with E-state index in [0.29, 0.717) is 16.2 Å². The van der Waals surface area contributed by atoms with Crippen molar-refractivity contribution in [3.05, 3.63) is 265 Å². The Morgan fingerprint density at radius 2 is 0.795 bits per heavy atom. The van der Waals surface area contributed by atoms with Crippen LogP contribution < -0.4 is 0 Å². The Morgan fingerprint density at radius 3 is 1.24 bits per heavy atom. The topological polar surface area (TPSA) is 69.4 Å². The third kappa shape index (κ3) is 29.4. The number of aryl methyl sites for hydroxylation is 1. The van der Waals surface area contributed by atoms with Gasteiger partial charge in [-0.25, -0.2) is 0 Å². The quantitative estimate of drug-likeness (QED) is 0.135. The van der Waals surface area contributed by atoms with E-state index in [9.17, 15) is 0 Å². The number of hydrogen-bond donors (Lipinski definition) is 0. The zero-order chi connectivity index (χ0) is 61.0. The van der Waals surface area contributed by atoms with Gasteiger partial charge in [-0.2, -0.15) is 29.4 Å². The second kappa shape index (κ2) is 37.0. The van der Waals surface area contributed by atoms with Crippen molar-refractivity contribution in [2.24, 2.45) is 21.7 Å². The van der Waals surface area contributed by atoms with Crippen molar-refractivity contribution in [3.8, 4) is 50.7 Å². The molecule has 0 atom stereocenters. The number of rotatable bonds is 9. The Kier molecular flexibility index (Phi) is 33.0. The molecule has 0 unspecified atom stereocenters. The summed E-state index contributed by atoms with van der Waals surface area (Å²) in [6.07, 6.45) is 15.6. The van der Waals surface area contributed by atoms with Crippen LogP contribution in [-0.4, -0.2) is 29.7 Å². The maximum Gasteiger partial charge on any atom is 0.0493 e. The minimum absolute atomic E-state index is 0. The number of hydrogen-bond acceptors (Lipinski definition) is 5. The van der Waals surface area contributed by atoms with Crippen LogP contribution in [-0.2, 0) is 112 Å². The molecule has 6 nitrogen and oxygen atoms in total. The van der Waals surface area contributed by atoms with Crippen LogP contribution in [0.25, 0.3) is 50.7 Å². The van der Waals surface area contributed by atoms with E-state index in [1.54, 1.807) is 10.9 Å². The maximum absolute atomic E-state index is 4.53. The van der Waals surface area contributed by atoms with E-state index < -0.39 is 0 Å². The van der Waals surface area contributed by atoms with Crippen LogP contribution in [0.5, 0.6) is 0 Å². The summed E-state index contributed by atoms with van der Waals surface area (Å²) >= 11 is 0. The number of para-hydroxylation sites is 1. The molecule has 5 aromatic carbocycles. The van der Waals surface area contributed by atoms with Crippen molar-refractivity contribution < 1.29 is 80.4 Å². The van der Waals surface area contributed by atoms with E-state index in [1.807, 2.05) is 122 Å². The Balaban J connectivity index is 0.000000375. The molecule has 0 N–H and O–H groups in total. The molecule has 5 heterocycles. The van der Waals surface area contributed by atoms with Gasteiger partial charge in [0.2, 0.25) is 0 Å². The number of pyridine rings is 4. The molecular formula is C78H89Ir4N6-5. The summed E-state index contributed by atoms with van der Waals surface area (Å²) in [5.74, 6) is 0. The smallest absolute Gasteiger partial charge is 0.0493 e. The molecule has 0 saturated carbocycles. The minimum atomic E-state index is 0. The van der Waals surface area contributed by atoms with Gasteiger partial charge in [-0.1, -0.05) is 151 Å². The summed E-state index contributed by atoms with van der Waals surface area (Å²) in [4.78, 5) is 17.9. The summed E-state index contributed by atoms with van der Waals surface area (Å²) < 4.78 is 1.78. The summed E-state index contributed by atoms with van der Waals surface area (Å²) in [6.45, 7) is 35.8. The fraction of sp³-hybridized carbons (Fsp3) is 0.321. The molecule has 0 saturated heterocycles. The van der Waals surface area contributed by atoms with Crippen molar-refractivity contribution in [2.45, 2.75) is 142 Å². The van der Waals surface area contributed by atoms with Crippen LogP contribution in [0.15, 0.2) is 201 Å². The van der Waals surface area contributed by atoms with Crippen molar-refractivity contribution in [3.63, 3.8) is 0 Å². The van der Waals surface area contributed by atoms with Gasteiger partial charge in [0, 0.05) is 118 Å². The van der Waals surface area contributed by atoms with E-state index in [0.717, 1.165) is 76.4 Å². The molecule has 472 valence electrons. The van der Waals surface area contributed by atoms with Gasteiger partial charge >= 0.3 is 0 Å². The molecule has 10 aromatic rings. The Labute approximate surface area is 583 Å². The van der Waals surface area contributed by atoms with Gasteiger partial charge in [0.1, 0.15) is 0 Å². The van der Waals surface area contributed by atoms with Gasteiger partial charge in [0.15, 0.2) is 0 Å². The number of aromatic nitrogens is 6. The normalized spacial score (nSPS) is 11.0. The first-order chi connectivity index (χ1) is 39.6. The van der Waals surface area contributed by atoms with Crippen LogP contribution in [0.4, 0.5) is 0 Å². The SMILES string of the molecule is CC(C)(C)Cc1ccc(-c2[c-]cccc2)nc1.CC(C)(C)Cc1ccnc(-c2[c-]ccc(C(C)(C)C)c2)c1.CC(C)(C)Cc1ccnc(-c2[c-]cccc2)c1.Cc1ccc(-c2[c-]ccc(CC(C)(C)C)c2)nc1.[Ir].[Ir].[Ir].[Ir].[c-]1ccccc1-n1cccn1. The van der Waals surface area contributed by atoms with E-state index in [1.165, 1.54) is 33.4 Å². The number of nitrogens with zero attached hydrogens (tertiary/aromatic N) is 6. The molecule has 10 heteroatoms. The number of benzene rings is 5. The summed E-state index contributed by atoms with van der Waals surface area (Å²) in [5, 5.41) is 4.07. The average Bonchev–Trinajstić information content (AvgIpc) is 1.60. The first kappa shape index (κ1) is 78.6. The Morgan fingerprint density at radius 1 is 0.352 bits per heavy atom. The Hall–Kier alpha value is -5.49. The molecule has 5 aromatic heterocycles. The van der Waals surface area contributed by atoms with E-state index in [2.05, 4.69) is 239 Å². The van der Waals surface area contributed by atoms with Gasteiger partial charge < -0.3 is 19.9 Å². The molecule has 0 aliphatic heterocycles. The average molecular weight is 1880 g/mol. The predicted octanol–water partition coefficient (Wildman–Crippen LogP) is 19.8. The first-order valence-corrected chi connectivity index (χ1v) is 29.4. The van der Waals surface area contributed by atoms with E-state index in [4.69, 9.17) is 0 Å². The van der Waals surface area contributed by atoms with Gasteiger partial charge in [0.25, 0.3) is 0 Å². The zero-order valence-electron chi connectivity index (χ0n) is 54.4. The van der Waals surface area contributed by atoms with Crippen molar-refractivity contribution >= 4 is 0 Å². The third-order valence-corrected chi connectivity index (χ3v) is 12.8.